The number of carbonyl (C=O) groups is 4. The molecule has 0 fully saturated rings. The van der Waals surface area contributed by atoms with Gasteiger partial charge in [0.2, 0.25) is 0 Å². The minimum atomic E-state index is -5.01. The smallest absolute Gasteiger partial charge is 0.462 e. The highest BCUT2D eigenvalue weighted by molar-refractivity contribution is 7.47. The molecule has 0 aliphatic carbocycles. The highest BCUT2D eigenvalue weighted by atomic mass is 31.2. The summed E-state index contributed by atoms with van der Waals surface area (Å²) in [5, 5.41) is 10.7. The van der Waals surface area contributed by atoms with Gasteiger partial charge in [-0.3, -0.25) is 37.3 Å². The fourth-order valence-electron chi connectivity index (χ4n) is 10.0. The van der Waals surface area contributed by atoms with Crippen LogP contribution >= 0.6 is 15.6 Å². The van der Waals surface area contributed by atoms with Crippen LogP contribution in [0.3, 0.4) is 0 Å². The lowest BCUT2D eigenvalue weighted by Gasteiger charge is -2.21. The molecule has 0 spiro atoms. The second-order valence-electron chi connectivity index (χ2n) is 26.2. The van der Waals surface area contributed by atoms with Crippen molar-refractivity contribution in [1.29, 1.82) is 0 Å². The van der Waals surface area contributed by atoms with Crippen LogP contribution in [-0.4, -0.2) is 96.7 Å². The van der Waals surface area contributed by atoms with E-state index in [1.54, 1.807) is 0 Å². The van der Waals surface area contributed by atoms with Crippen molar-refractivity contribution in [1.82, 2.24) is 0 Å². The molecular formula is C89H142O17P2. The Morgan fingerprint density at radius 2 is 0.463 bits per heavy atom. The van der Waals surface area contributed by atoms with E-state index in [1.165, 1.54) is 0 Å². The third-order valence-electron chi connectivity index (χ3n) is 16.0. The van der Waals surface area contributed by atoms with Crippen molar-refractivity contribution < 1.29 is 80.2 Å². The number of hydrogen-bond acceptors (Lipinski definition) is 15. The maximum atomic E-state index is 13.1. The Labute approximate surface area is 653 Å². The maximum Gasteiger partial charge on any atom is 0.472 e. The molecule has 19 heteroatoms. The maximum absolute atomic E-state index is 13.1. The lowest BCUT2D eigenvalue weighted by Crippen LogP contribution is -2.30. The molecule has 3 N–H and O–H groups in total. The molecule has 0 aromatic carbocycles. The van der Waals surface area contributed by atoms with Crippen molar-refractivity contribution in [2.75, 3.05) is 39.6 Å². The topological polar surface area (TPSA) is 237 Å². The Morgan fingerprint density at radius 1 is 0.259 bits per heavy atom. The van der Waals surface area contributed by atoms with Gasteiger partial charge in [-0.1, -0.05) is 280 Å². The Morgan fingerprint density at radius 3 is 0.741 bits per heavy atom. The molecule has 0 heterocycles. The van der Waals surface area contributed by atoms with Crippen LogP contribution in [0.5, 0.6) is 0 Å². The van der Waals surface area contributed by atoms with E-state index in [0.717, 1.165) is 199 Å². The van der Waals surface area contributed by atoms with Gasteiger partial charge in [-0.2, -0.15) is 0 Å². The molecule has 0 aromatic rings. The fourth-order valence-corrected chi connectivity index (χ4v) is 11.6. The summed E-state index contributed by atoms with van der Waals surface area (Å²) in [6.07, 6.45) is 97.0. The molecule has 17 nitrogen and oxygen atoms in total. The molecule has 0 aromatic heterocycles. The number of phosphoric ester groups is 2. The van der Waals surface area contributed by atoms with Gasteiger partial charge < -0.3 is 33.8 Å². The van der Waals surface area contributed by atoms with Gasteiger partial charge in [-0.25, -0.2) is 9.13 Å². The van der Waals surface area contributed by atoms with E-state index in [0.29, 0.717) is 32.1 Å². The Kier molecular flexibility index (Phi) is 74.5. The highest BCUT2D eigenvalue weighted by Crippen LogP contribution is 2.45. The van der Waals surface area contributed by atoms with Gasteiger partial charge in [0.25, 0.3) is 0 Å². The lowest BCUT2D eigenvalue weighted by molar-refractivity contribution is -0.161. The molecule has 0 saturated heterocycles. The van der Waals surface area contributed by atoms with Crippen molar-refractivity contribution >= 4 is 39.5 Å². The Bertz CT molecular complexity index is 2810. The quantitative estimate of drug-likeness (QED) is 0.0169. The molecule has 0 aliphatic rings. The minimum Gasteiger partial charge on any atom is -0.462 e. The van der Waals surface area contributed by atoms with Crippen LogP contribution in [0.1, 0.15) is 285 Å². The van der Waals surface area contributed by atoms with Gasteiger partial charge >= 0.3 is 39.5 Å². The molecule has 108 heavy (non-hydrogen) atoms. The summed E-state index contributed by atoms with van der Waals surface area (Å²) in [6.45, 7) is 4.27. The van der Waals surface area contributed by atoms with Gasteiger partial charge in [-0.15, -0.1) is 0 Å². The second kappa shape index (κ2) is 79.0. The van der Waals surface area contributed by atoms with Gasteiger partial charge in [0, 0.05) is 25.7 Å². The zero-order chi connectivity index (χ0) is 78.9. The van der Waals surface area contributed by atoms with Gasteiger partial charge in [0.05, 0.1) is 26.4 Å². The number of unbranched alkanes of at least 4 members (excludes halogenated alkanes) is 16. The van der Waals surface area contributed by atoms with Crippen LogP contribution in [-0.2, 0) is 65.4 Å². The Hall–Kier alpha value is -6.10. The van der Waals surface area contributed by atoms with Crippen molar-refractivity contribution in [2.45, 2.75) is 303 Å². The SMILES string of the molecule is CC/C=C\C/C=C\C/C=C\C/C=C\C/C=C\CCCCCC(=O)OCC(COP(=O)(O)OCC(O)COP(=O)(O)OCC(COC(=O)CCC/C=C\C/C=C\C/C=C\C/C=C\C/C=C\CC)OC(=O)CCCCCCC/C=C\C/C=C\C/C=C\CC)OC(=O)CCCCCCCCC/C=C\C/C=C\C/C=C\CC. The number of esters is 4. The fraction of sp³-hybridized carbons (Fsp3) is 0.596. The van der Waals surface area contributed by atoms with E-state index < -0.39 is 97.5 Å². The lowest BCUT2D eigenvalue weighted by atomic mass is 10.1. The average molecular weight is 1550 g/mol. The number of rotatable bonds is 74. The van der Waals surface area contributed by atoms with Gasteiger partial charge in [0.15, 0.2) is 12.2 Å². The van der Waals surface area contributed by atoms with E-state index in [2.05, 4.69) is 210 Å². The third kappa shape index (κ3) is 78.0. The zero-order valence-electron chi connectivity index (χ0n) is 66.7. The monoisotopic (exact) mass is 1540 g/mol. The van der Waals surface area contributed by atoms with Crippen LogP contribution in [0.2, 0.25) is 0 Å². The van der Waals surface area contributed by atoms with E-state index in [9.17, 15) is 43.2 Å². The molecule has 0 bridgehead atoms. The van der Waals surface area contributed by atoms with Crippen LogP contribution in [0, 0.1) is 0 Å². The first-order chi connectivity index (χ1) is 52.7. The number of allylic oxidation sites excluding steroid dienone is 32. The zero-order valence-corrected chi connectivity index (χ0v) is 68.5. The van der Waals surface area contributed by atoms with Crippen molar-refractivity contribution in [2.24, 2.45) is 0 Å². The van der Waals surface area contributed by atoms with Crippen LogP contribution in [0.25, 0.3) is 0 Å². The summed E-state index contributed by atoms with van der Waals surface area (Å²) in [7, 11) is -10.0. The molecular weight excluding hydrogens is 1400 g/mol. The average Bonchev–Trinajstić information content (AvgIpc) is 0.906. The molecule has 5 unspecified atom stereocenters. The molecule has 5 atom stereocenters. The molecule has 0 rings (SSSR count). The van der Waals surface area contributed by atoms with E-state index in [1.807, 2.05) is 12.2 Å². The highest BCUT2D eigenvalue weighted by Gasteiger charge is 2.30. The first-order valence-electron chi connectivity index (χ1n) is 40.7. The molecule has 0 radical (unpaired) electrons. The predicted molar refractivity (Wildman–Crippen MR) is 445 cm³/mol. The normalized spacial score (nSPS) is 14.8. The summed E-state index contributed by atoms with van der Waals surface area (Å²) in [6, 6.07) is 0. The summed E-state index contributed by atoms with van der Waals surface area (Å²) in [5.74, 6) is -2.33. The van der Waals surface area contributed by atoms with E-state index in [4.69, 9.17) is 37.0 Å². The Balaban J connectivity index is 5.50. The number of carbonyl (C=O) groups excluding carboxylic acids is 4. The number of phosphoric acid groups is 2. The molecule has 0 saturated carbocycles. The summed E-state index contributed by atoms with van der Waals surface area (Å²) < 4.78 is 68.6. The van der Waals surface area contributed by atoms with Crippen molar-refractivity contribution in [3.63, 3.8) is 0 Å². The largest absolute Gasteiger partial charge is 0.472 e. The molecule has 0 aliphatic heterocycles. The van der Waals surface area contributed by atoms with E-state index in [-0.39, 0.29) is 25.7 Å². The first-order valence-corrected chi connectivity index (χ1v) is 43.7. The summed E-state index contributed by atoms with van der Waals surface area (Å²) in [5.41, 5.74) is 0. The van der Waals surface area contributed by atoms with Crippen LogP contribution in [0.15, 0.2) is 194 Å². The number of hydrogen-bond donors (Lipinski definition) is 3. The predicted octanol–water partition coefficient (Wildman–Crippen LogP) is 24.1. The van der Waals surface area contributed by atoms with Crippen LogP contribution < -0.4 is 0 Å². The number of aliphatic hydroxyl groups is 1. The molecule has 0 amide bonds. The van der Waals surface area contributed by atoms with Gasteiger partial charge in [-0.05, 0) is 173 Å². The van der Waals surface area contributed by atoms with Gasteiger partial charge in [0.1, 0.15) is 19.3 Å². The van der Waals surface area contributed by atoms with E-state index >= 15 is 0 Å². The molecule has 610 valence electrons. The van der Waals surface area contributed by atoms with Crippen molar-refractivity contribution in [3.8, 4) is 0 Å². The van der Waals surface area contributed by atoms with Crippen molar-refractivity contribution in [3.05, 3.63) is 194 Å². The number of ether oxygens (including phenoxy) is 4. The number of aliphatic hydroxyl groups excluding tert-OH is 1. The van der Waals surface area contributed by atoms with Crippen LogP contribution in [0.4, 0.5) is 0 Å². The first kappa shape index (κ1) is 102. The minimum absolute atomic E-state index is 0.0549. The third-order valence-corrected chi connectivity index (χ3v) is 17.9. The summed E-state index contributed by atoms with van der Waals surface area (Å²) >= 11 is 0. The standard InChI is InChI=1S/C89H142O17P2/c1-5-9-13-17-21-25-29-33-37-40-41-44-47-50-54-58-62-66-70-74-87(92)100-80-85(106-89(94)76-72-68-64-60-56-52-48-43-39-35-31-27-23-19-15-11-7-3)82-104-108(97,98)102-78-83(90)77-101-107(95,96)103-81-84(105-88(93)75-71-67-63-59-55-51-45-36-32-28-24-20-16-12-8-4)79-99-86(91)73-69-65-61-57-53-49-46-42-38-34-30-26-22-18-14-10-6-2/h9-16,21-28,33-39,41,44-46,49-50,54,57,61,83-85,90H,5-8,17-20,29-32,40,42-43,47-48,51-53,55-56,58-60,62-82H2,1-4H3,(H,95,96)(H,97,98)/b13-9-,14-10-,15-11-,16-12-,25-21-,26-22-,27-23-,28-24-,37-33-,38-34-,39-35-,44-41-,45-36-,49-46-,54-50-,61-57-. The second-order valence-corrected chi connectivity index (χ2v) is 29.1. The summed E-state index contributed by atoms with van der Waals surface area (Å²) in [4.78, 5) is 73.1.